The number of H-pyrrole nitrogens is 2. The van der Waals surface area contributed by atoms with Crippen molar-refractivity contribution in [3.05, 3.63) is 118 Å². The third-order valence-corrected chi connectivity index (χ3v) is 10.6. The zero-order valence-electron chi connectivity index (χ0n) is 35.2. The number of aliphatic hydroxyl groups excluding tert-OH is 1. The lowest BCUT2D eigenvalue weighted by molar-refractivity contribution is -0.123. The number of nitrogens with zero attached hydrogens (tertiary/aromatic N) is 2. The van der Waals surface area contributed by atoms with E-state index in [0.717, 1.165) is 27.8 Å². The Morgan fingerprint density at radius 1 is 0.859 bits per heavy atom. The lowest BCUT2D eigenvalue weighted by atomic mass is 10.2. The van der Waals surface area contributed by atoms with Crippen LogP contribution in [0.4, 0.5) is 8.63 Å². The first-order chi connectivity index (χ1) is 31.2. The summed E-state index contributed by atoms with van der Waals surface area (Å²) in [7, 11) is -2.68. The Labute approximate surface area is 373 Å². The lowest BCUT2D eigenvalue weighted by Crippen LogP contribution is -2.33. The van der Waals surface area contributed by atoms with E-state index in [9.17, 15) is 28.1 Å². The number of unbranched alkanes of at least 4 members (excludes halogenated alkanes) is 2. The molecule has 1 aliphatic heterocycles. The number of benzene rings is 2. The quantitative estimate of drug-likeness (QED) is 0.0280. The van der Waals surface area contributed by atoms with E-state index in [0.29, 0.717) is 111 Å². The van der Waals surface area contributed by atoms with Crippen LogP contribution in [0.25, 0.3) is 33.8 Å². The number of allylic oxidation sites excluding steroid dienone is 3. The zero-order chi connectivity index (χ0) is 44.9. The Balaban J connectivity index is 0.726. The highest BCUT2D eigenvalue weighted by molar-refractivity contribution is 7.13. The summed E-state index contributed by atoms with van der Waals surface area (Å²) in [6.07, 6.45) is 10.8. The molecule has 0 radical (unpaired) electrons. The second kappa shape index (κ2) is 25.2. The summed E-state index contributed by atoms with van der Waals surface area (Å²) in [5.74, 6) is 0.753. The molecule has 1 atom stereocenters. The van der Waals surface area contributed by atoms with Gasteiger partial charge in [-0.1, -0.05) is 36.8 Å². The summed E-state index contributed by atoms with van der Waals surface area (Å²) in [5.41, 5.74) is 3.87. The van der Waals surface area contributed by atoms with Gasteiger partial charge < -0.3 is 54.5 Å². The predicted molar refractivity (Wildman–Crippen MR) is 246 cm³/mol. The molecule has 4 heterocycles. The van der Waals surface area contributed by atoms with Crippen LogP contribution in [0.2, 0.25) is 0 Å². The number of aromatic nitrogens is 3. The maximum Gasteiger partial charge on any atom is 0.678 e. The highest BCUT2D eigenvalue weighted by Crippen LogP contribution is 2.29. The number of fused-ring (bicyclic) bond motifs is 1. The van der Waals surface area contributed by atoms with Gasteiger partial charge in [0, 0.05) is 43.2 Å². The number of hydrogen-bond acceptors (Lipinski definition) is 11. The Morgan fingerprint density at radius 3 is 2.47 bits per heavy atom. The van der Waals surface area contributed by atoms with E-state index < -0.39 is 13.5 Å². The van der Waals surface area contributed by atoms with Crippen LogP contribution in [0.1, 0.15) is 36.9 Å². The van der Waals surface area contributed by atoms with Gasteiger partial charge in [-0.2, -0.15) is 0 Å². The number of aliphatic hydroxyl groups is 1. The van der Waals surface area contributed by atoms with Crippen molar-refractivity contribution in [2.45, 2.75) is 31.8 Å². The van der Waals surface area contributed by atoms with Crippen LogP contribution in [0.15, 0.2) is 106 Å². The maximum atomic E-state index is 13.9. The fraction of sp³-hybridized carbons (Fsp3) is 0.333. The Bertz CT molecular complexity index is 2430. The largest absolute Gasteiger partial charge is 0.678 e. The molecule has 0 spiro atoms. The molecule has 0 unspecified atom stereocenters. The molecule has 19 heteroatoms. The number of thiophene rings is 1. The van der Waals surface area contributed by atoms with Gasteiger partial charge in [-0.05, 0) is 90.6 Å². The van der Waals surface area contributed by atoms with Crippen molar-refractivity contribution >= 4 is 59.5 Å². The second-order valence-electron chi connectivity index (χ2n) is 14.6. The number of aliphatic imine (C=N–C) groups is 1. The first kappa shape index (κ1) is 47.4. The standard InChI is InChI=1S/C45H52BF2N7O8S/c47-46(48)55-35(16-19-39(55)41-8-5-27-64-41)28-34-15-14-33(52-34)13-10-32-11-17-37(18-12-32)62-31-43(58)50-20-3-1-2-9-42(57)51-22-24-61-26-25-60-23-21-49-29-36(56)30-63-40-7-4-6-38-44(40)54-45(59)53-38/h4-8,10-19,27-28,36,49,56H,1-3,9,20-26,29-31H2,(H,50,58)(H,51,57)(H2,53,54,59)/b13-10+,34-28-/t36-/m0/s1. The van der Waals surface area contributed by atoms with Gasteiger partial charge in [-0.3, -0.25) is 18.2 Å². The molecule has 0 aliphatic carbocycles. The van der Waals surface area contributed by atoms with Crippen LogP contribution in [0.3, 0.4) is 0 Å². The number of carbonyl (C=O) groups is 2. The van der Waals surface area contributed by atoms with Crippen molar-refractivity contribution in [3.63, 3.8) is 0 Å². The third kappa shape index (κ3) is 15.3. The Hall–Kier alpha value is -6.12. The highest BCUT2D eigenvalue weighted by atomic mass is 32.1. The number of amides is 2. The third-order valence-electron chi connectivity index (χ3n) is 9.68. The first-order valence-electron chi connectivity index (χ1n) is 21.1. The molecule has 64 heavy (non-hydrogen) atoms. The second-order valence-corrected chi connectivity index (χ2v) is 15.5. The molecule has 0 saturated carbocycles. The minimum absolute atomic E-state index is 0.0514. The van der Waals surface area contributed by atoms with E-state index >= 15 is 0 Å². The molecule has 338 valence electrons. The van der Waals surface area contributed by atoms with Crippen LogP contribution < -0.4 is 31.1 Å². The minimum Gasteiger partial charge on any atom is -0.489 e. The van der Waals surface area contributed by atoms with Crippen molar-refractivity contribution in [2.24, 2.45) is 4.99 Å². The molecule has 6 N–H and O–H groups in total. The molecule has 2 aromatic carbocycles. The molecule has 6 rings (SSSR count). The predicted octanol–water partition coefficient (Wildman–Crippen LogP) is 5.46. The van der Waals surface area contributed by atoms with E-state index in [1.165, 1.54) is 11.3 Å². The number of carbonyl (C=O) groups excluding carboxylic acids is 2. The van der Waals surface area contributed by atoms with Crippen molar-refractivity contribution in [1.82, 2.24) is 30.4 Å². The van der Waals surface area contributed by atoms with E-state index in [2.05, 4.69) is 30.9 Å². The number of nitrogens with one attached hydrogen (secondary N) is 5. The van der Waals surface area contributed by atoms with Gasteiger partial charge in [0.2, 0.25) is 5.91 Å². The van der Waals surface area contributed by atoms with Crippen LogP contribution >= 0.6 is 11.3 Å². The van der Waals surface area contributed by atoms with Crippen molar-refractivity contribution in [1.29, 1.82) is 0 Å². The van der Waals surface area contributed by atoms with Crippen molar-refractivity contribution < 1.29 is 42.3 Å². The fourth-order valence-electron chi connectivity index (χ4n) is 6.50. The van der Waals surface area contributed by atoms with E-state index in [4.69, 9.17) is 18.9 Å². The number of aromatic amines is 2. The molecular weight excluding hydrogens is 847 g/mol. The number of halogens is 2. The van der Waals surface area contributed by atoms with Gasteiger partial charge in [0.25, 0.3) is 5.91 Å². The molecule has 15 nitrogen and oxygen atoms in total. The van der Waals surface area contributed by atoms with Crippen molar-refractivity contribution in [2.75, 3.05) is 65.8 Å². The summed E-state index contributed by atoms with van der Waals surface area (Å²) in [5, 5.41) is 20.8. The number of ether oxygens (including phenoxy) is 4. The van der Waals surface area contributed by atoms with Gasteiger partial charge in [-0.25, -0.2) is 9.79 Å². The summed E-state index contributed by atoms with van der Waals surface area (Å²) >= 11 is 1.41. The van der Waals surface area contributed by atoms with Crippen LogP contribution in [0, 0.1) is 0 Å². The van der Waals surface area contributed by atoms with Gasteiger partial charge >= 0.3 is 13.1 Å². The molecule has 1 aliphatic rings. The maximum absolute atomic E-state index is 13.9. The minimum atomic E-state index is -2.68. The molecule has 3 aromatic heterocycles. The monoisotopic (exact) mass is 899 g/mol. The van der Waals surface area contributed by atoms with E-state index in [1.807, 2.05) is 47.9 Å². The molecule has 0 saturated heterocycles. The lowest BCUT2D eigenvalue weighted by Gasteiger charge is -2.14. The molecule has 0 fully saturated rings. The van der Waals surface area contributed by atoms with Gasteiger partial charge in [0.15, 0.2) is 6.61 Å². The summed E-state index contributed by atoms with van der Waals surface area (Å²) in [6, 6.07) is 19.5. The van der Waals surface area contributed by atoms with Crippen LogP contribution in [-0.4, -0.2) is 116 Å². The SMILES string of the molecule is O=C(CCCCCNC(=O)COc1ccc(/C=C/C2=NC(=C\c3ccc(-c4cccs4)n3B(F)F)/C=C2)cc1)NCCOCCOCCNC[C@H](O)COc1cccc2[nH]c(=O)[nH]c12. The molecule has 2 amide bonds. The number of imidazole rings is 1. The van der Waals surface area contributed by atoms with E-state index in [1.54, 1.807) is 54.6 Å². The molecule has 5 aromatic rings. The van der Waals surface area contributed by atoms with E-state index in [-0.39, 0.29) is 30.7 Å². The fourth-order valence-corrected chi connectivity index (χ4v) is 7.25. The smallest absolute Gasteiger partial charge is 0.489 e. The summed E-state index contributed by atoms with van der Waals surface area (Å²) in [4.78, 5) is 46.6. The van der Waals surface area contributed by atoms with Gasteiger partial charge in [0.05, 0.1) is 49.0 Å². The van der Waals surface area contributed by atoms with Crippen LogP contribution in [-0.2, 0) is 19.1 Å². The van der Waals surface area contributed by atoms with Crippen molar-refractivity contribution in [3.8, 4) is 22.1 Å². The Kier molecular flexibility index (Phi) is 18.7. The van der Waals surface area contributed by atoms with Gasteiger partial charge in [0.1, 0.15) is 29.7 Å². The molecule has 0 bridgehead atoms. The average Bonchev–Trinajstić information content (AvgIpc) is 4.13. The average molecular weight is 900 g/mol. The topological polar surface area (TPSA) is 193 Å². The molecular formula is C45H52BF2N7O8S. The first-order valence-corrected chi connectivity index (χ1v) is 21.9. The van der Waals surface area contributed by atoms with Gasteiger partial charge in [-0.15, -0.1) is 11.3 Å². The highest BCUT2D eigenvalue weighted by Gasteiger charge is 2.24. The normalized spacial score (nSPS) is 13.5. The summed E-state index contributed by atoms with van der Waals surface area (Å²) in [6.45, 7) is 3.28. The number of rotatable bonds is 28. The Morgan fingerprint density at radius 2 is 1.67 bits per heavy atom. The zero-order valence-corrected chi connectivity index (χ0v) is 36.0. The van der Waals surface area contributed by atoms with Crippen LogP contribution in [0.5, 0.6) is 11.5 Å². The number of para-hydroxylation sites is 1. The number of hydrogen-bond donors (Lipinski definition) is 6. The summed E-state index contributed by atoms with van der Waals surface area (Å²) < 4.78 is 51.2.